The summed E-state index contributed by atoms with van der Waals surface area (Å²) in [5.41, 5.74) is 0.174. The van der Waals surface area contributed by atoms with Crippen LogP contribution in [0.2, 0.25) is 0 Å². The third-order valence-corrected chi connectivity index (χ3v) is 5.19. The fourth-order valence-corrected chi connectivity index (χ4v) is 3.74. The van der Waals surface area contributed by atoms with Gasteiger partial charge in [0.15, 0.2) is 0 Å². The molecule has 96 valence electrons. The minimum absolute atomic E-state index is 0.190. The molecule has 2 rings (SSSR count). The Hall–Kier alpha value is -1.60. The lowest BCUT2D eigenvalue weighted by atomic mass is 10.4. The summed E-state index contributed by atoms with van der Waals surface area (Å²) in [6.45, 7) is 1.84. The molecule has 0 unspecified atom stereocenters. The maximum atomic E-state index is 12.0. The van der Waals surface area contributed by atoms with Crippen LogP contribution in [0.4, 0.5) is 5.69 Å². The van der Waals surface area contributed by atoms with Crippen LogP contribution in [0.1, 0.15) is 4.88 Å². The van der Waals surface area contributed by atoms with Crippen molar-refractivity contribution >= 4 is 27.0 Å². The van der Waals surface area contributed by atoms with Crippen molar-refractivity contribution in [1.82, 2.24) is 4.57 Å². The summed E-state index contributed by atoms with van der Waals surface area (Å²) >= 11 is 1.20. The molecule has 0 aliphatic rings. The molecule has 0 radical (unpaired) electrons. The van der Waals surface area contributed by atoms with Crippen molar-refractivity contribution in [2.24, 2.45) is 7.05 Å². The molecular formula is C11H12N2O3S2. The minimum Gasteiger partial charge on any atom is -0.316 e. The van der Waals surface area contributed by atoms with Crippen LogP contribution in [-0.2, 0) is 17.1 Å². The van der Waals surface area contributed by atoms with Gasteiger partial charge in [-0.2, -0.15) is 0 Å². The second-order valence-corrected chi connectivity index (χ2v) is 7.03. The Kier molecular flexibility index (Phi) is 3.27. The van der Waals surface area contributed by atoms with Gasteiger partial charge in [-0.15, -0.1) is 11.3 Å². The van der Waals surface area contributed by atoms with E-state index in [0.717, 1.165) is 4.88 Å². The first-order valence-electron chi connectivity index (χ1n) is 5.14. The highest BCUT2D eigenvalue weighted by Crippen LogP contribution is 2.22. The van der Waals surface area contributed by atoms with E-state index in [0.29, 0.717) is 5.69 Å². The number of rotatable bonds is 3. The number of aryl methyl sites for hydroxylation is 2. The number of hydrogen-bond acceptors (Lipinski definition) is 4. The van der Waals surface area contributed by atoms with Crippen molar-refractivity contribution in [2.75, 3.05) is 4.72 Å². The highest BCUT2D eigenvalue weighted by Gasteiger charge is 2.16. The second kappa shape index (κ2) is 4.58. The Morgan fingerprint density at radius 3 is 2.50 bits per heavy atom. The largest absolute Gasteiger partial charge is 0.316 e. The topological polar surface area (TPSA) is 68.2 Å². The van der Waals surface area contributed by atoms with Crippen molar-refractivity contribution in [3.63, 3.8) is 0 Å². The highest BCUT2D eigenvalue weighted by molar-refractivity contribution is 7.94. The molecule has 0 bridgehead atoms. The second-order valence-electron chi connectivity index (χ2n) is 3.84. The third kappa shape index (κ3) is 2.62. The van der Waals surface area contributed by atoms with E-state index in [-0.39, 0.29) is 9.77 Å². The molecule has 0 fully saturated rings. The van der Waals surface area contributed by atoms with E-state index in [1.54, 1.807) is 19.2 Å². The smallest absolute Gasteiger partial charge is 0.271 e. The summed E-state index contributed by atoms with van der Waals surface area (Å²) in [5.74, 6) is 0. The number of sulfonamides is 1. The molecule has 2 heterocycles. The summed E-state index contributed by atoms with van der Waals surface area (Å²) in [4.78, 5) is 12.1. The molecule has 18 heavy (non-hydrogen) atoms. The number of anilines is 1. The molecule has 0 spiro atoms. The molecule has 0 atom stereocenters. The molecule has 1 N–H and O–H groups in total. The molecular weight excluding hydrogens is 272 g/mol. The molecule has 0 aliphatic carbocycles. The van der Waals surface area contributed by atoms with E-state index in [2.05, 4.69) is 4.72 Å². The number of hydrogen-bond donors (Lipinski definition) is 1. The molecule has 0 aromatic carbocycles. The lowest BCUT2D eigenvalue weighted by Gasteiger charge is -2.07. The number of pyridine rings is 1. The quantitative estimate of drug-likeness (QED) is 0.930. The lowest BCUT2D eigenvalue weighted by Crippen LogP contribution is -2.17. The fraction of sp³-hybridized carbons (Fsp3) is 0.182. The van der Waals surface area contributed by atoms with E-state index < -0.39 is 10.0 Å². The summed E-state index contributed by atoms with van der Waals surface area (Å²) in [6, 6.07) is 6.07. The van der Waals surface area contributed by atoms with Gasteiger partial charge in [-0.1, -0.05) is 0 Å². The van der Waals surface area contributed by atoms with Gasteiger partial charge in [-0.25, -0.2) is 8.42 Å². The van der Waals surface area contributed by atoms with Gasteiger partial charge < -0.3 is 4.57 Å². The number of nitrogens with one attached hydrogen (secondary N) is 1. The highest BCUT2D eigenvalue weighted by atomic mass is 32.2. The van der Waals surface area contributed by atoms with Crippen LogP contribution >= 0.6 is 11.3 Å². The van der Waals surface area contributed by atoms with Gasteiger partial charge in [0, 0.05) is 24.2 Å². The van der Waals surface area contributed by atoms with Gasteiger partial charge in [0.1, 0.15) is 4.21 Å². The monoisotopic (exact) mass is 284 g/mol. The predicted molar refractivity (Wildman–Crippen MR) is 71.5 cm³/mol. The third-order valence-electron chi connectivity index (χ3n) is 2.32. The fourth-order valence-electron chi connectivity index (χ4n) is 1.42. The molecule has 5 nitrogen and oxygen atoms in total. The molecule has 0 amide bonds. The van der Waals surface area contributed by atoms with E-state index >= 15 is 0 Å². The van der Waals surface area contributed by atoms with Crippen molar-refractivity contribution in [3.8, 4) is 0 Å². The molecule has 2 aromatic heterocycles. The van der Waals surface area contributed by atoms with Crippen LogP contribution in [0.25, 0.3) is 0 Å². The maximum absolute atomic E-state index is 12.0. The summed E-state index contributed by atoms with van der Waals surface area (Å²) in [7, 11) is -2.00. The van der Waals surface area contributed by atoms with E-state index in [9.17, 15) is 13.2 Å². The van der Waals surface area contributed by atoms with Crippen molar-refractivity contribution < 1.29 is 8.42 Å². The lowest BCUT2D eigenvalue weighted by molar-refractivity contribution is 0.603. The van der Waals surface area contributed by atoms with Crippen LogP contribution in [-0.4, -0.2) is 13.0 Å². The molecule has 0 saturated carbocycles. The molecule has 7 heteroatoms. The first-order valence-corrected chi connectivity index (χ1v) is 7.44. The number of aromatic nitrogens is 1. The number of nitrogens with zero attached hydrogens (tertiary/aromatic N) is 1. The zero-order valence-corrected chi connectivity index (χ0v) is 11.5. The predicted octanol–water partition coefficient (Wildman–Crippen LogP) is 1.56. The van der Waals surface area contributed by atoms with E-state index in [4.69, 9.17) is 0 Å². The molecule has 0 saturated heterocycles. The minimum atomic E-state index is -3.57. The summed E-state index contributed by atoms with van der Waals surface area (Å²) in [6.07, 6.45) is 1.44. The Morgan fingerprint density at radius 2 is 1.94 bits per heavy atom. The van der Waals surface area contributed by atoms with Crippen LogP contribution in [0.3, 0.4) is 0 Å². The van der Waals surface area contributed by atoms with E-state index in [1.165, 1.54) is 34.2 Å². The van der Waals surface area contributed by atoms with Crippen LogP contribution in [0, 0.1) is 6.92 Å². The normalized spacial score (nSPS) is 11.4. The Morgan fingerprint density at radius 1 is 1.22 bits per heavy atom. The van der Waals surface area contributed by atoms with Gasteiger partial charge in [-0.05, 0) is 25.1 Å². The van der Waals surface area contributed by atoms with Crippen molar-refractivity contribution in [1.29, 1.82) is 0 Å². The van der Waals surface area contributed by atoms with E-state index in [1.807, 2.05) is 6.92 Å². The average molecular weight is 284 g/mol. The molecule has 0 aliphatic heterocycles. The summed E-state index contributed by atoms with van der Waals surface area (Å²) < 4.78 is 28.1. The van der Waals surface area contributed by atoms with Gasteiger partial charge in [0.05, 0.1) is 5.69 Å². The zero-order valence-electron chi connectivity index (χ0n) is 9.88. The SMILES string of the molecule is Cc1ccc(S(=O)(=O)Nc2ccc(=O)n(C)c2)s1. The maximum Gasteiger partial charge on any atom is 0.271 e. The average Bonchev–Trinajstić information content (AvgIpc) is 2.71. The van der Waals surface area contributed by atoms with Gasteiger partial charge in [0.25, 0.3) is 10.0 Å². The van der Waals surface area contributed by atoms with Gasteiger partial charge >= 0.3 is 0 Å². The van der Waals surface area contributed by atoms with Crippen LogP contribution < -0.4 is 10.3 Å². The number of thiophene rings is 1. The van der Waals surface area contributed by atoms with Gasteiger partial charge in [0.2, 0.25) is 5.56 Å². The Labute approximate surface area is 109 Å². The van der Waals surface area contributed by atoms with Crippen LogP contribution in [0.15, 0.2) is 39.5 Å². The van der Waals surface area contributed by atoms with Crippen LogP contribution in [0.5, 0.6) is 0 Å². The Balaban J connectivity index is 2.33. The standard InChI is InChI=1S/C11H12N2O3S2/c1-8-3-6-11(17-8)18(15,16)12-9-4-5-10(14)13(2)7-9/h3-7,12H,1-2H3. The first-order chi connectivity index (χ1) is 8.38. The summed E-state index contributed by atoms with van der Waals surface area (Å²) in [5, 5.41) is 0. The first kappa shape index (κ1) is 12.8. The van der Waals surface area contributed by atoms with Crippen molar-refractivity contribution in [3.05, 3.63) is 45.7 Å². The van der Waals surface area contributed by atoms with Gasteiger partial charge in [-0.3, -0.25) is 9.52 Å². The van der Waals surface area contributed by atoms with Crippen molar-refractivity contribution in [2.45, 2.75) is 11.1 Å². The Bertz CT molecular complexity index is 729. The zero-order chi connectivity index (χ0) is 13.3. The molecule has 2 aromatic rings.